The Morgan fingerprint density at radius 3 is 2.83 bits per heavy atom. The minimum atomic E-state index is -0.817. The fraction of sp³-hybridized carbons (Fsp3) is 0.167. The molecule has 18 heavy (non-hydrogen) atoms. The lowest BCUT2D eigenvalue weighted by Crippen LogP contribution is -2.13. The van der Waals surface area contributed by atoms with Gasteiger partial charge in [0.05, 0.1) is 17.5 Å². The summed E-state index contributed by atoms with van der Waals surface area (Å²) >= 11 is 1.47. The van der Waals surface area contributed by atoms with Gasteiger partial charge in [-0.15, -0.1) is 0 Å². The predicted molar refractivity (Wildman–Crippen MR) is 68.5 cm³/mol. The zero-order valence-corrected chi connectivity index (χ0v) is 10.2. The third kappa shape index (κ3) is 2.77. The van der Waals surface area contributed by atoms with Crippen LogP contribution in [0.4, 0.5) is 20.2 Å². The molecule has 0 saturated heterocycles. The third-order valence-electron chi connectivity index (χ3n) is 2.51. The van der Waals surface area contributed by atoms with E-state index < -0.39 is 17.7 Å². The number of aliphatic hydroxyl groups excluding tert-OH is 1. The zero-order chi connectivity index (χ0) is 13.1. The van der Waals surface area contributed by atoms with E-state index in [-0.39, 0.29) is 17.9 Å². The van der Waals surface area contributed by atoms with Crippen LogP contribution in [0.2, 0.25) is 0 Å². The van der Waals surface area contributed by atoms with Gasteiger partial charge in [-0.3, -0.25) is 0 Å². The molecule has 0 aliphatic carbocycles. The number of hydrogen-bond donors (Lipinski definition) is 3. The molecule has 1 aromatic carbocycles. The molecule has 0 fully saturated rings. The van der Waals surface area contributed by atoms with E-state index in [1.807, 2.05) is 10.8 Å². The van der Waals surface area contributed by atoms with Crippen molar-refractivity contribution in [3.8, 4) is 0 Å². The summed E-state index contributed by atoms with van der Waals surface area (Å²) in [5.41, 5.74) is 6.21. The molecule has 0 radical (unpaired) electrons. The number of aliphatic hydroxyl groups is 1. The Bertz CT molecular complexity index is 531. The van der Waals surface area contributed by atoms with Gasteiger partial charge in [-0.2, -0.15) is 11.3 Å². The minimum absolute atomic E-state index is 0.129. The average Bonchev–Trinajstić information content (AvgIpc) is 2.85. The molecular formula is C12H12F2N2OS. The molecule has 0 spiro atoms. The highest BCUT2D eigenvalue weighted by molar-refractivity contribution is 7.07. The van der Waals surface area contributed by atoms with Crippen molar-refractivity contribution in [1.29, 1.82) is 0 Å². The van der Waals surface area contributed by atoms with Crippen molar-refractivity contribution in [2.45, 2.75) is 6.10 Å². The van der Waals surface area contributed by atoms with E-state index in [1.165, 1.54) is 11.3 Å². The summed E-state index contributed by atoms with van der Waals surface area (Å²) in [6.45, 7) is 0.129. The number of nitrogens with one attached hydrogen (secondary N) is 1. The summed E-state index contributed by atoms with van der Waals surface area (Å²) in [5.74, 6) is -1.53. The Kier molecular flexibility index (Phi) is 3.78. The summed E-state index contributed by atoms with van der Waals surface area (Å²) in [4.78, 5) is 0. The number of benzene rings is 1. The van der Waals surface area contributed by atoms with Crippen LogP contribution in [-0.2, 0) is 0 Å². The number of rotatable bonds is 4. The molecular weight excluding hydrogens is 258 g/mol. The number of nitrogens with two attached hydrogens (primary N) is 1. The molecule has 4 N–H and O–H groups in total. The second-order valence-electron chi connectivity index (χ2n) is 3.80. The number of anilines is 2. The van der Waals surface area contributed by atoms with Gasteiger partial charge in [-0.1, -0.05) is 0 Å². The van der Waals surface area contributed by atoms with Crippen LogP contribution in [0.25, 0.3) is 0 Å². The molecule has 0 bridgehead atoms. The molecule has 2 rings (SSSR count). The van der Waals surface area contributed by atoms with Crippen LogP contribution >= 0.6 is 11.3 Å². The highest BCUT2D eigenvalue weighted by Gasteiger charge is 2.11. The molecule has 96 valence electrons. The topological polar surface area (TPSA) is 58.3 Å². The summed E-state index contributed by atoms with van der Waals surface area (Å²) in [6, 6.07) is 3.60. The minimum Gasteiger partial charge on any atom is -0.395 e. The molecule has 0 saturated carbocycles. The molecule has 6 heteroatoms. The second kappa shape index (κ2) is 5.32. The molecule has 1 unspecified atom stereocenters. The van der Waals surface area contributed by atoms with E-state index in [2.05, 4.69) is 5.32 Å². The maximum atomic E-state index is 13.2. The number of hydrogen-bond acceptors (Lipinski definition) is 4. The van der Waals surface area contributed by atoms with Gasteiger partial charge in [0.1, 0.15) is 5.82 Å². The molecule has 1 atom stereocenters. The standard InChI is InChI=1S/C12H12F2N2OS/c13-8-3-9(14)12(15)10(4-8)16-5-11(17)7-1-2-18-6-7/h1-4,6,11,16-17H,5,15H2. The van der Waals surface area contributed by atoms with Crippen molar-refractivity contribution >= 4 is 22.7 Å². The van der Waals surface area contributed by atoms with Gasteiger partial charge >= 0.3 is 0 Å². The third-order valence-corrected chi connectivity index (χ3v) is 3.21. The van der Waals surface area contributed by atoms with Crippen LogP contribution in [0, 0.1) is 11.6 Å². The lowest BCUT2D eigenvalue weighted by atomic mass is 10.2. The van der Waals surface area contributed by atoms with Gasteiger partial charge < -0.3 is 16.2 Å². The maximum Gasteiger partial charge on any atom is 0.151 e. The van der Waals surface area contributed by atoms with Crippen molar-refractivity contribution in [3.63, 3.8) is 0 Å². The van der Waals surface area contributed by atoms with Crippen LogP contribution in [0.1, 0.15) is 11.7 Å². The van der Waals surface area contributed by atoms with Crippen molar-refractivity contribution in [1.82, 2.24) is 0 Å². The summed E-state index contributed by atoms with van der Waals surface area (Å²) in [6.07, 6.45) is -0.748. The first kappa shape index (κ1) is 12.8. The van der Waals surface area contributed by atoms with E-state index in [0.29, 0.717) is 0 Å². The van der Waals surface area contributed by atoms with E-state index in [0.717, 1.165) is 17.7 Å². The molecule has 0 aliphatic rings. The van der Waals surface area contributed by atoms with Gasteiger partial charge in [-0.25, -0.2) is 8.78 Å². The van der Waals surface area contributed by atoms with Crippen LogP contribution in [0.3, 0.4) is 0 Å². The molecule has 3 nitrogen and oxygen atoms in total. The van der Waals surface area contributed by atoms with Gasteiger partial charge in [0.25, 0.3) is 0 Å². The van der Waals surface area contributed by atoms with Gasteiger partial charge in [0, 0.05) is 12.6 Å². The lowest BCUT2D eigenvalue weighted by molar-refractivity contribution is 0.192. The van der Waals surface area contributed by atoms with Crippen LogP contribution < -0.4 is 11.1 Å². The molecule has 1 aromatic heterocycles. The number of thiophene rings is 1. The first-order valence-electron chi connectivity index (χ1n) is 5.26. The molecule has 0 aliphatic heterocycles. The Hall–Kier alpha value is -1.66. The fourth-order valence-corrected chi connectivity index (χ4v) is 2.23. The number of nitrogen functional groups attached to an aromatic ring is 1. The van der Waals surface area contributed by atoms with Crippen LogP contribution in [0.5, 0.6) is 0 Å². The average molecular weight is 270 g/mol. The highest BCUT2D eigenvalue weighted by Crippen LogP contribution is 2.24. The van der Waals surface area contributed by atoms with E-state index in [4.69, 9.17) is 5.73 Å². The monoisotopic (exact) mass is 270 g/mol. The SMILES string of the molecule is Nc1c(F)cc(F)cc1NCC(O)c1ccsc1. The van der Waals surface area contributed by atoms with E-state index in [1.54, 1.807) is 6.07 Å². The van der Waals surface area contributed by atoms with Crippen molar-refractivity contribution in [2.75, 3.05) is 17.6 Å². The van der Waals surface area contributed by atoms with Crippen molar-refractivity contribution < 1.29 is 13.9 Å². The Balaban J connectivity index is 2.06. The fourth-order valence-electron chi connectivity index (χ4n) is 1.52. The van der Waals surface area contributed by atoms with Gasteiger partial charge in [0.15, 0.2) is 5.82 Å². The largest absolute Gasteiger partial charge is 0.395 e. The van der Waals surface area contributed by atoms with Crippen molar-refractivity contribution in [3.05, 3.63) is 46.2 Å². The van der Waals surface area contributed by atoms with Gasteiger partial charge in [-0.05, 0) is 28.5 Å². The van der Waals surface area contributed by atoms with E-state index in [9.17, 15) is 13.9 Å². The first-order chi connectivity index (χ1) is 8.58. The first-order valence-corrected chi connectivity index (χ1v) is 6.20. The Morgan fingerprint density at radius 2 is 2.17 bits per heavy atom. The van der Waals surface area contributed by atoms with Crippen LogP contribution in [0.15, 0.2) is 29.0 Å². The molecule has 2 aromatic rings. The highest BCUT2D eigenvalue weighted by atomic mass is 32.1. The quantitative estimate of drug-likeness (QED) is 0.749. The smallest absolute Gasteiger partial charge is 0.151 e. The lowest BCUT2D eigenvalue weighted by Gasteiger charge is -2.13. The molecule has 0 amide bonds. The van der Waals surface area contributed by atoms with Crippen LogP contribution in [-0.4, -0.2) is 11.7 Å². The summed E-state index contributed by atoms with van der Waals surface area (Å²) in [5, 5.41) is 16.2. The summed E-state index contributed by atoms with van der Waals surface area (Å²) in [7, 11) is 0. The maximum absolute atomic E-state index is 13.2. The molecule has 1 heterocycles. The number of halogens is 2. The Labute approximate surface area is 107 Å². The van der Waals surface area contributed by atoms with E-state index >= 15 is 0 Å². The summed E-state index contributed by atoms with van der Waals surface area (Å²) < 4.78 is 26.2. The Morgan fingerprint density at radius 1 is 1.39 bits per heavy atom. The van der Waals surface area contributed by atoms with Crippen molar-refractivity contribution in [2.24, 2.45) is 0 Å². The zero-order valence-electron chi connectivity index (χ0n) is 9.36. The second-order valence-corrected chi connectivity index (χ2v) is 4.58. The normalized spacial score (nSPS) is 12.4. The predicted octanol–water partition coefficient (Wildman–Crippen LogP) is 2.75. The van der Waals surface area contributed by atoms with Gasteiger partial charge in [0.2, 0.25) is 0 Å².